The Morgan fingerprint density at radius 2 is 2.36 bits per heavy atom. The van der Waals surface area contributed by atoms with Crippen molar-refractivity contribution in [3.05, 3.63) is 22.8 Å². The molecule has 2 heterocycles. The van der Waals surface area contributed by atoms with Crippen molar-refractivity contribution in [1.29, 1.82) is 0 Å². The summed E-state index contributed by atoms with van der Waals surface area (Å²) < 4.78 is 1.76. The molecule has 0 aliphatic heterocycles. The van der Waals surface area contributed by atoms with Gasteiger partial charge in [-0.2, -0.15) is 5.10 Å². The highest BCUT2D eigenvalue weighted by atomic mass is 32.1. The van der Waals surface area contributed by atoms with Gasteiger partial charge >= 0.3 is 0 Å². The normalized spacial score (nSPS) is 13.1. The number of rotatable bonds is 2. The number of nitrogens with two attached hydrogens (primary N) is 1. The van der Waals surface area contributed by atoms with Crippen LogP contribution in [0, 0.1) is 0 Å². The highest BCUT2D eigenvalue weighted by molar-refractivity contribution is 7.10. The maximum Gasteiger partial charge on any atom is 0.110 e. The van der Waals surface area contributed by atoms with Gasteiger partial charge in [0.15, 0.2) is 0 Å². The molecule has 2 rings (SSSR count). The van der Waals surface area contributed by atoms with E-state index in [1.165, 1.54) is 0 Å². The molecule has 1 unspecified atom stereocenters. The van der Waals surface area contributed by atoms with E-state index in [-0.39, 0.29) is 6.04 Å². The fraction of sp³-hybridized carbons (Fsp3) is 0.333. The second kappa shape index (κ2) is 3.51. The molecule has 0 bridgehead atoms. The summed E-state index contributed by atoms with van der Waals surface area (Å²) in [5, 5.41) is 7.07. The fourth-order valence-corrected chi connectivity index (χ4v) is 1.97. The number of hydrogen-bond acceptors (Lipinski definition) is 4. The summed E-state index contributed by atoms with van der Waals surface area (Å²) in [7, 11) is 1.89. The van der Waals surface area contributed by atoms with E-state index < -0.39 is 0 Å². The predicted octanol–water partition coefficient (Wildman–Crippen LogP) is 1.56. The molecular weight excluding hydrogens is 196 g/mol. The lowest BCUT2D eigenvalue weighted by molar-refractivity contribution is 0.768. The van der Waals surface area contributed by atoms with Gasteiger partial charge in [0.2, 0.25) is 0 Å². The van der Waals surface area contributed by atoms with Crippen molar-refractivity contribution in [1.82, 2.24) is 14.8 Å². The molecule has 5 heteroatoms. The van der Waals surface area contributed by atoms with Gasteiger partial charge in [0.25, 0.3) is 0 Å². The van der Waals surface area contributed by atoms with Crippen LogP contribution in [0.25, 0.3) is 11.3 Å². The summed E-state index contributed by atoms with van der Waals surface area (Å²) in [6.07, 6.45) is 3.75. The van der Waals surface area contributed by atoms with Gasteiger partial charge in [0.05, 0.1) is 17.9 Å². The molecule has 0 saturated heterocycles. The molecule has 0 radical (unpaired) electrons. The second-order valence-corrected chi connectivity index (χ2v) is 4.15. The number of aryl methyl sites for hydroxylation is 1. The van der Waals surface area contributed by atoms with Crippen LogP contribution in [0.2, 0.25) is 0 Å². The predicted molar refractivity (Wildman–Crippen MR) is 56.9 cm³/mol. The Morgan fingerprint density at radius 1 is 1.57 bits per heavy atom. The monoisotopic (exact) mass is 208 g/mol. The molecule has 0 saturated carbocycles. The largest absolute Gasteiger partial charge is 0.322 e. The number of nitrogens with zero attached hydrogens (tertiary/aromatic N) is 3. The maximum atomic E-state index is 5.74. The summed E-state index contributed by atoms with van der Waals surface area (Å²) in [5.41, 5.74) is 7.73. The molecule has 2 N–H and O–H groups in total. The van der Waals surface area contributed by atoms with Gasteiger partial charge in [-0.25, -0.2) is 4.98 Å². The lowest BCUT2D eigenvalue weighted by Gasteiger charge is -1.96. The van der Waals surface area contributed by atoms with Gasteiger partial charge in [-0.15, -0.1) is 11.3 Å². The minimum atomic E-state index is 0.00502. The van der Waals surface area contributed by atoms with Gasteiger partial charge in [-0.1, -0.05) is 0 Å². The van der Waals surface area contributed by atoms with E-state index in [1.807, 2.05) is 25.5 Å². The van der Waals surface area contributed by atoms with E-state index >= 15 is 0 Å². The van der Waals surface area contributed by atoms with Crippen molar-refractivity contribution in [2.75, 3.05) is 0 Å². The van der Waals surface area contributed by atoms with Crippen molar-refractivity contribution in [3.8, 4) is 11.3 Å². The maximum absolute atomic E-state index is 5.74. The number of aromatic nitrogens is 3. The van der Waals surface area contributed by atoms with Crippen LogP contribution < -0.4 is 5.73 Å². The number of thiazole rings is 1. The molecule has 0 spiro atoms. The van der Waals surface area contributed by atoms with Crippen molar-refractivity contribution < 1.29 is 0 Å². The molecule has 0 fully saturated rings. The van der Waals surface area contributed by atoms with Crippen molar-refractivity contribution in [3.63, 3.8) is 0 Å². The molecule has 4 nitrogen and oxygen atoms in total. The average Bonchev–Trinajstić information content (AvgIpc) is 2.70. The standard InChI is InChI=1S/C9H12N4S/c1-6(10)9-12-8(5-14-9)7-3-11-13(2)4-7/h3-6H,10H2,1-2H3. The minimum absolute atomic E-state index is 0.00502. The highest BCUT2D eigenvalue weighted by Gasteiger charge is 2.08. The third-order valence-electron chi connectivity index (χ3n) is 1.91. The van der Waals surface area contributed by atoms with Gasteiger partial charge in [-0.05, 0) is 6.92 Å². The lowest BCUT2D eigenvalue weighted by atomic mass is 10.3. The molecule has 74 valence electrons. The fourth-order valence-electron chi connectivity index (χ4n) is 1.18. The first-order valence-electron chi connectivity index (χ1n) is 4.37. The molecule has 0 aliphatic rings. The summed E-state index contributed by atoms with van der Waals surface area (Å²) in [6, 6.07) is 0.00502. The van der Waals surface area contributed by atoms with Crippen LogP contribution >= 0.6 is 11.3 Å². The van der Waals surface area contributed by atoms with Crippen LogP contribution in [0.5, 0.6) is 0 Å². The zero-order valence-corrected chi connectivity index (χ0v) is 8.95. The van der Waals surface area contributed by atoms with Crippen LogP contribution in [-0.4, -0.2) is 14.8 Å². The summed E-state index contributed by atoms with van der Waals surface area (Å²) in [4.78, 5) is 4.43. The summed E-state index contributed by atoms with van der Waals surface area (Å²) >= 11 is 1.59. The molecule has 14 heavy (non-hydrogen) atoms. The van der Waals surface area contributed by atoms with Crippen molar-refractivity contribution in [2.45, 2.75) is 13.0 Å². The Labute approximate surface area is 86.4 Å². The van der Waals surface area contributed by atoms with Crippen LogP contribution in [0.4, 0.5) is 0 Å². The third kappa shape index (κ3) is 1.69. The van der Waals surface area contributed by atoms with E-state index in [1.54, 1.807) is 22.2 Å². The second-order valence-electron chi connectivity index (χ2n) is 3.26. The minimum Gasteiger partial charge on any atom is -0.322 e. The van der Waals surface area contributed by atoms with Gasteiger partial charge < -0.3 is 5.73 Å². The van der Waals surface area contributed by atoms with Crippen LogP contribution in [0.3, 0.4) is 0 Å². The van der Waals surface area contributed by atoms with E-state index in [0.29, 0.717) is 0 Å². The van der Waals surface area contributed by atoms with Crippen molar-refractivity contribution >= 4 is 11.3 Å². The average molecular weight is 208 g/mol. The van der Waals surface area contributed by atoms with Crippen molar-refractivity contribution in [2.24, 2.45) is 12.8 Å². The summed E-state index contributed by atoms with van der Waals surface area (Å²) in [5.74, 6) is 0. The lowest BCUT2D eigenvalue weighted by Crippen LogP contribution is -2.03. The van der Waals surface area contributed by atoms with E-state index in [0.717, 1.165) is 16.3 Å². The molecule has 0 aromatic carbocycles. The van der Waals surface area contributed by atoms with Crippen LogP contribution in [0.1, 0.15) is 18.0 Å². The first-order chi connectivity index (χ1) is 6.66. The molecule has 2 aromatic rings. The Bertz CT molecular complexity index is 429. The summed E-state index contributed by atoms with van der Waals surface area (Å²) in [6.45, 7) is 1.94. The van der Waals surface area contributed by atoms with Gasteiger partial charge in [0.1, 0.15) is 5.01 Å². The quantitative estimate of drug-likeness (QED) is 0.815. The Morgan fingerprint density at radius 3 is 2.86 bits per heavy atom. The Hall–Kier alpha value is -1.20. The zero-order chi connectivity index (χ0) is 10.1. The third-order valence-corrected chi connectivity index (χ3v) is 2.96. The smallest absolute Gasteiger partial charge is 0.110 e. The SMILES string of the molecule is CC(N)c1nc(-c2cnn(C)c2)cs1. The first kappa shape index (κ1) is 9.36. The highest BCUT2D eigenvalue weighted by Crippen LogP contribution is 2.23. The zero-order valence-electron chi connectivity index (χ0n) is 8.14. The molecular formula is C9H12N4S. The van der Waals surface area contributed by atoms with E-state index in [9.17, 15) is 0 Å². The Kier molecular flexibility index (Phi) is 2.35. The number of hydrogen-bond donors (Lipinski definition) is 1. The Balaban J connectivity index is 2.33. The van der Waals surface area contributed by atoms with E-state index in [4.69, 9.17) is 5.73 Å². The molecule has 1 atom stereocenters. The first-order valence-corrected chi connectivity index (χ1v) is 5.25. The van der Waals surface area contributed by atoms with Gasteiger partial charge in [0, 0.05) is 24.2 Å². The van der Waals surface area contributed by atoms with E-state index in [2.05, 4.69) is 10.1 Å². The van der Waals surface area contributed by atoms with Gasteiger partial charge in [-0.3, -0.25) is 4.68 Å². The molecule has 0 amide bonds. The molecule has 2 aromatic heterocycles. The topological polar surface area (TPSA) is 56.7 Å². The van der Waals surface area contributed by atoms with Crippen LogP contribution in [-0.2, 0) is 7.05 Å². The molecule has 0 aliphatic carbocycles. The van der Waals surface area contributed by atoms with Crippen LogP contribution in [0.15, 0.2) is 17.8 Å².